The van der Waals surface area contributed by atoms with Crippen LogP contribution in [0.25, 0.3) is 11.2 Å². The van der Waals surface area contributed by atoms with E-state index in [9.17, 15) is 24.0 Å². The van der Waals surface area contributed by atoms with Gasteiger partial charge in [-0.25, -0.2) is 30.3 Å². The molecule has 5 N–H and O–H groups in total. The van der Waals surface area contributed by atoms with Gasteiger partial charge in [0, 0.05) is 12.5 Å². The molecular weight excluding hydrogens is 1070 g/mol. The van der Waals surface area contributed by atoms with Gasteiger partial charge in [0.15, 0.2) is 11.2 Å². The minimum Gasteiger partial charge on any atom is -0.465 e. The van der Waals surface area contributed by atoms with Gasteiger partial charge >= 0.3 is 23.9 Å². The lowest BCUT2D eigenvalue weighted by Gasteiger charge is -2.30. The van der Waals surface area contributed by atoms with Crippen molar-refractivity contribution in [3.8, 4) is 0 Å². The van der Waals surface area contributed by atoms with E-state index in [1.165, 1.54) is 12.7 Å². The molecular formula is C57H74N8O13P2. The predicted molar refractivity (Wildman–Crippen MR) is 303 cm³/mol. The summed E-state index contributed by atoms with van der Waals surface area (Å²) < 4.78 is 67.1. The smallest absolute Gasteiger partial charge is 0.323 e. The van der Waals surface area contributed by atoms with Crippen molar-refractivity contribution >= 4 is 49.9 Å². The van der Waals surface area contributed by atoms with Gasteiger partial charge in [0.25, 0.3) is 5.56 Å². The summed E-state index contributed by atoms with van der Waals surface area (Å²) >= 11 is 0. The van der Waals surface area contributed by atoms with Crippen LogP contribution in [0.3, 0.4) is 0 Å². The van der Waals surface area contributed by atoms with Crippen molar-refractivity contribution in [2.75, 3.05) is 65.2 Å². The Bertz CT molecular complexity index is 2710. The van der Waals surface area contributed by atoms with Crippen molar-refractivity contribution in [3.63, 3.8) is 0 Å². The van der Waals surface area contributed by atoms with Gasteiger partial charge in [-0.15, -0.1) is 0 Å². The molecule has 0 fully saturated rings. The number of hydrogen-bond acceptors (Lipinski definition) is 15. The Morgan fingerprint density at radius 1 is 0.512 bits per heavy atom. The van der Waals surface area contributed by atoms with Crippen LogP contribution in [0, 0.1) is 5.92 Å². The van der Waals surface area contributed by atoms with E-state index in [0.717, 1.165) is 22.3 Å². The second-order valence-electron chi connectivity index (χ2n) is 18.7. The molecule has 0 amide bonds. The summed E-state index contributed by atoms with van der Waals surface area (Å²) in [5.41, 5.74) is 3.08. The third-order valence-electron chi connectivity index (χ3n) is 12.5. The molecule has 2 aromatic heterocycles. The summed E-state index contributed by atoms with van der Waals surface area (Å²) in [7, 11) is -7.97. The number of hydrogen-bond donors (Lipinski definition) is 5. The molecule has 0 radical (unpaired) electrons. The van der Waals surface area contributed by atoms with Gasteiger partial charge < -0.3 is 38.0 Å². The Hall–Kier alpha value is -6.67. The number of aromatic nitrogens is 4. The number of nitrogens with one attached hydrogen (secondary N) is 5. The maximum atomic E-state index is 15.4. The number of aromatic amines is 1. The monoisotopic (exact) mass is 1140 g/mol. The van der Waals surface area contributed by atoms with Crippen molar-refractivity contribution in [2.45, 2.75) is 84.1 Å². The van der Waals surface area contributed by atoms with Gasteiger partial charge in [-0.1, -0.05) is 121 Å². The number of carbonyl (C=O) groups excluding carboxylic acids is 4. The van der Waals surface area contributed by atoms with Gasteiger partial charge in [-0.05, 0) is 75.6 Å². The fourth-order valence-corrected chi connectivity index (χ4v) is 13.0. The van der Waals surface area contributed by atoms with Crippen LogP contribution in [0.2, 0.25) is 0 Å². The summed E-state index contributed by atoms with van der Waals surface area (Å²) in [6.07, 6.45) is 2.80. The highest BCUT2D eigenvalue weighted by Crippen LogP contribution is 2.40. The lowest BCUT2D eigenvalue weighted by atomic mass is 10.1. The Kier molecular flexibility index (Phi) is 25.4. The highest BCUT2D eigenvalue weighted by molar-refractivity contribution is 7.60. The predicted octanol–water partition coefficient (Wildman–Crippen LogP) is 6.21. The Morgan fingerprint density at radius 2 is 0.838 bits per heavy atom. The Balaban J connectivity index is 1.26. The van der Waals surface area contributed by atoms with Crippen LogP contribution in [0.4, 0.5) is 0 Å². The maximum absolute atomic E-state index is 15.4. The molecule has 0 aliphatic carbocycles. The first-order chi connectivity index (χ1) is 38.7. The molecule has 21 nitrogen and oxygen atoms in total. The van der Waals surface area contributed by atoms with E-state index >= 15 is 9.13 Å². The second kappa shape index (κ2) is 32.6. The van der Waals surface area contributed by atoms with Crippen LogP contribution < -0.4 is 25.9 Å². The average Bonchev–Trinajstić information content (AvgIpc) is 3.89. The van der Waals surface area contributed by atoms with Crippen LogP contribution in [-0.4, -0.2) is 133 Å². The number of fused-ring (bicyclic) bond motifs is 1. The number of H-pyrrole nitrogens is 1. The van der Waals surface area contributed by atoms with Gasteiger partial charge in [0.2, 0.25) is 14.9 Å². The lowest BCUT2D eigenvalue weighted by Crippen LogP contribution is -2.46. The van der Waals surface area contributed by atoms with Crippen molar-refractivity contribution < 1.29 is 56.7 Å². The number of nitrogens with zero attached hydrogens (tertiary/aromatic N) is 3. The molecule has 0 unspecified atom stereocenters. The third-order valence-corrected chi connectivity index (χ3v) is 17.1. The highest BCUT2D eigenvalue weighted by Gasteiger charge is 2.37. The number of rotatable bonds is 36. The van der Waals surface area contributed by atoms with E-state index in [1.54, 1.807) is 32.3 Å². The minimum atomic E-state index is -3.98. The first kappa shape index (κ1) is 62.5. The zero-order chi connectivity index (χ0) is 57.2. The number of carbonyl (C=O) groups is 4. The lowest BCUT2D eigenvalue weighted by molar-refractivity contribution is -0.146. The first-order valence-electron chi connectivity index (χ1n) is 26.9. The van der Waals surface area contributed by atoms with Crippen molar-refractivity contribution in [1.29, 1.82) is 0 Å². The van der Waals surface area contributed by atoms with Gasteiger partial charge in [0.05, 0.1) is 77.8 Å². The summed E-state index contributed by atoms with van der Waals surface area (Å²) in [6.45, 7) is 6.77. The number of benzene rings is 4. The molecule has 4 atom stereocenters. The molecule has 0 aliphatic rings. The van der Waals surface area contributed by atoms with Crippen LogP contribution >= 0.6 is 14.9 Å². The molecule has 2 heterocycles. The van der Waals surface area contributed by atoms with Crippen LogP contribution in [0.5, 0.6) is 0 Å². The molecule has 6 rings (SSSR count). The summed E-state index contributed by atoms with van der Waals surface area (Å²) in [5.74, 6) is -3.07. The van der Waals surface area contributed by atoms with E-state index in [-0.39, 0.29) is 103 Å². The zero-order valence-electron chi connectivity index (χ0n) is 45.7. The molecule has 0 bridgehead atoms. The normalized spacial score (nSPS) is 13.3. The van der Waals surface area contributed by atoms with E-state index in [4.69, 9.17) is 28.4 Å². The molecule has 23 heteroatoms. The SMILES string of the molecule is CCOC(=O)[C@H](Cc1ccccc1)NP(=O)(CCOCC(COCCP(=O)(N[C@@H](Cc1ccccc1)C(=O)OCC)N[C@@H](Cc1ccccc1)C(=O)OCC)Cn1cnc2c(=O)[nH]cnc21)N[C@@H](Cc1ccccc1)C(=O)OCC. The van der Waals surface area contributed by atoms with Crippen molar-refractivity contribution in [3.05, 3.63) is 167 Å². The molecule has 80 heavy (non-hydrogen) atoms. The topological polar surface area (TPSA) is 269 Å². The maximum Gasteiger partial charge on any atom is 0.323 e. The largest absolute Gasteiger partial charge is 0.465 e. The highest BCUT2D eigenvalue weighted by atomic mass is 31.2. The number of imidazole rings is 1. The molecule has 0 spiro atoms. The van der Waals surface area contributed by atoms with E-state index in [1.807, 2.05) is 121 Å². The summed E-state index contributed by atoms with van der Waals surface area (Å²) in [4.78, 5) is 78.3. The first-order valence-corrected chi connectivity index (χ1v) is 30.7. The number of esters is 4. The number of ether oxygens (including phenoxy) is 6. The van der Waals surface area contributed by atoms with Gasteiger partial charge in [-0.2, -0.15) is 0 Å². The van der Waals surface area contributed by atoms with E-state index < -0.39 is 74.4 Å². The molecule has 0 saturated heterocycles. The Labute approximate surface area is 466 Å². The fourth-order valence-electron chi connectivity index (χ4n) is 8.78. The standard InChI is InChI=1S/C57H74N8O13P2/c1-5-75-54(67)47(33-42-21-13-9-14-22-42)61-79(71,62-48(55(68)76-6-2)34-43-23-15-10-16-24-43)31-29-73-38-46(37-65-41-60-51-52(65)58-40-59-53(51)66)39-74-30-32-80(72,63-49(56(69)77-7-3)35-44-25-17-11-18-26-44)64-50(57(70)78-8-4)36-45-27-19-12-20-28-45/h9-28,40-41,46-50H,5-8,29-39H2,1-4H3,(H,58,59,66)(H2,61,62,71)(H2,63,64,72)/t47-,48-,49-,50-/m0/s1. The Morgan fingerprint density at radius 3 is 1.15 bits per heavy atom. The van der Waals surface area contributed by atoms with Gasteiger partial charge in [-0.3, -0.25) is 33.1 Å². The second-order valence-corrected chi connectivity index (χ2v) is 23.6. The van der Waals surface area contributed by atoms with Crippen molar-refractivity contribution in [1.82, 2.24) is 39.9 Å². The minimum absolute atomic E-state index is 0.0301. The fraction of sp³-hybridized carbons (Fsp3) is 0.421. The van der Waals surface area contributed by atoms with Crippen LogP contribution in [0.15, 0.2) is 139 Å². The third kappa shape index (κ3) is 20.1. The molecule has 430 valence electrons. The van der Waals surface area contributed by atoms with Crippen LogP contribution in [0.1, 0.15) is 49.9 Å². The van der Waals surface area contributed by atoms with Gasteiger partial charge in [0.1, 0.15) is 24.2 Å². The summed E-state index contributed by atoms with van der Waals surface area (Å²) in [5, 5.41) is 12.3. The van der Waals surface area contributed by atoms with E-state index in [2.05, 4.69) is 35.3 Å². The quantitative estimate of drug-likeness (QED) is 0.0127. The van der Waals surface area contributed by atoms with Crippen LogP contribution in [-0.2, 0) is 89.0 Å². The van der Waals surface area contributed by atoms with E-state index in [0.29, 0.717) is 5.65 Å². The average molecular weight is 1140 g/mol. The summed E-state index contributed by atoms with van der Waals surface area (Å²) in [6, 6.07) is 32.4. The zero-order valence-corrected chi connectivity index (χ0v) is 47.5. The molecule has 4 aromatic carbocycles. The molecule has 0 saturated carbocycles. The molecule has 6 aromatic rings. The molecule has 0 aliphatic heterocycles. The van der Waals surface area contributed by atoms with Crippen molar-refractivity contribution in [2.24, 2.45) is 5.92 Å².